The van der Waals surface area contributed by atoms with Crippen LogP contribution in [0.3, 0.4) is 0 Å². The Morgan fingerprint density at radius 3 is 2.74 bits per heavy atom. The zero-order valence-corrected chi connectivity index (χ0v) is 16.1. The molecule has 1 fully saturated rings. The first-order chi connectivity index (χ1) is 12.6. The maximum Gasteiger partial charge on any atom is 0.291 e. The Morgan fingerprint density at radius 2 is 1.96 bits per heavy atom. The van der Waals surface area contributed by atoms with E-state index >= 15 is 0 Å². The molecule has 4 rings (SSSR count). The first-order valence-corrected chi connectivity index (χ1v) is 9.09. The van der Waals surface area contributed by atoms with E-state index < -0.39 is 0 Å². The second-order valence-electron chi connectivity index (χ2n) is 6.68. The number of nitrogens with two attached hydrogens (primary N) is 1. The molecule has 142 valence electrons. The first kappa shape index (κ1) is 19.6. The third-order valence-electron chi connectivity index (χ3n) is 5.01. The average Bonchev–Trinajstić information content (AvgIpc) is 2.75. The maximum absolute atomic E-state index is 13.5. The summed E-state index contributed by atoms with van der Waals surface area (Å²) in [7, 11) is 0. The van der Waals surface area contributed by atoms with Gasteiger partial charge in [-0.15, -0.1) is 0 Å². The number of fused-ring (bicyclic) bond motifs is 2. The number of rotatable bonds is 1. The number of quaternary nitrogens is 1. The Bertz CT molecular complexity index is 890. The van der Waals surface area contributed by atoms with Gasteiger partial charge in [0.15, 0.2) is 6.04 Å². The van der Waals surface area contributed by atoms with Gasteiger partial charge in [-0.25, -0.2) is 5.01 Å². The maximum atomic E-state index is 13.5. The number of carbonyl (C=O) groups excluding carboxylic acids is 2. The van der Waals surface area contributed by atoms with Crippen LogP contribution in [0.25, 0.3) is 0 Å². The van der Waals surface area contributed by atoms with Crippen LogP contribution in [0.5, 0.6) is 0 Å². The molecular weight excluding hydrogens is 387 g/mol. The molecule has 2 aromatic rings. The minimum Gasteiger partial charge on any atom is -1.00 e. The molecule has 0 saturated carbocycles. The highest BCUT2D eigenvalue weighted by Gasteiger charge is 2.38. The molecule has 2 aliphatic heterocycles. The summed E-state index contributed by atoms with van der Waals surface area (Å²) < 4.78 is 0. The van der Waals surface area contributed by atoms with Gasteiger partial charge >= 0.3 is 0 Å². The number of para-hydroxylation sites is 1. The van der Waals surface area contributed by atoms with E-state index in [2.05, 4.69) is 5.32 Å². The predicted octanol–water partition coefficient (Wildman–Crippen LogP) is -1.11. The molecule has 2 heterocycles. The zero-order chi connectivity index (χ0) is 18.3. The third kappa shape index (κ3) is 3.53. The van der Waals surface area contributed by atoms with Crippen molar-refractivity contribution < 1.29 is 27.0 Å². The minimum absolute atomic E-state index is 0. The van der Waals surface area contributed by atoms with Crippen molar-refractivity contribution in [1.82, 2.24) is 0 Å². The van der Waals surface area contributed by atoms with Gasteiger partial charge in [-0.05, 0) is 43.2 Å². The van der Waals surface area contributed by atoms with Crippen molar-refractivity contribution in [3.8, 4) is 0 Å². The van der Waals surface area contributed by atoms with E-state index in [4.69, 9.17) is 17.4 Å². The molecule has 2 unspecified atom stereocenters. The van der Waals surface area contributed by atoms with Gasteiger partial charge < -0.3 is 17.7 Å². The largest absolute Gasteiger partial charge is 1.00 e. The summed E-state index contributed by atoms with van der Waals surface area (Å²) >= 11 is 6.11. The fourth-order valence-corrected chi connectivity index (χ4v) is 3.87. The molecule has 8 heteroatoms. The van der Waals surface area contributed by atoms with Crippen LogP contribution < -0.4 is 33.5 Å². The molecule has 2 aliphatic rings. The summed E-state index contributed by atoms with van der Waals surface area (Å²) in [4.78, 5) is 27.8. The van der Waals surface area contributed by atoms with Crippen LogP contribution in [0.15, 0.2) is 42.5 Å². The minimum atomic E-state index is -0.339. The smallest absolute Gasteiger partial charge is 0.291 e. The Kier molecular flexibility index (Phi) is 5.72. The molecule has 27 heavy (non-hydrogen) atoms. The van der Waals surface area contributed by atoms with Crippen molar-refractivity contribution in [1.29, 1.82) is 0 Å². The number of carbonyl (C=O) groups is 2. The SMILES string of the molecule is N[NH+]1CCCCC1C(=O)N1c2ccc(Cl)cc2NC(=O)c2ccccc21.[Cl-]. The number of hydrogen-bond donors (Lipinski definition) is 3. The zero-order valence-electron chi connectivity index (χ0n) is 14.5. The number of halogens is 2. The summed E-state index contributed by atoms with van der Waals surface area (Å²) in [6, 6.07) is 11.9. The summed E-state index contributed by atoms with van der Waals surface area (Å²) in [5, 5.41) is 4.08. The fourth-order valence-electron chi connectivity index (χ4n) is 3.70. The lowest BCUT2D eigenvalue weighted by Gasteiger charge is -2.32. The molecular formula is C19H20Cl2N4O2. The Balaban J connectivity index is 0.00000210. The van der Waals surface area contributed by atoms with Crippen LogP contribution in [0.4, 0.5) is 17.1 Å². The average molecular weight is 407 g/mol. The van der Waals surface area contributed by atoms with E-state index in [1.807, 2.05) is 6.07 Å². The number of hydrogen-bond acceptors (Lipinski definition) is 3. The van der Waals surface area contributed by atoms with Gasteiger partial charge in [0.25, 0.3) is 11.8 Å². The normalized spacial score (nSPS) is 21.3. The molecule has 0 aliphatic carbocycles. The van der Waals surface area contributed by atoms with Crippen LogP contribution in [0.1, 0.15) is 29.6 Å². The lowest BCUT2D eigenvalue weighted by molar-refractivity contribution is -0.933. The van der Waals surface area contributed by atoms with Gasteiger partial charge in [0.2, 0.25) is 0 Å². The van der Waals surface area contributed by atoms with Gasteiger partial charge in [0, 0.05) is 11.4 Å². The Labute approximate surface area is 168 Å². The van der Waals surface area contributed by atoms with E-state index in [-0.39, 0.29) is 30.3 Å². The molecule has 6 nitrogen and oxygen atoms in total. The van der Waals surface area contributed by atoms with Crippen molar-refractivity contribution >= 4 is 40.5 Å². The number of benzene rings is 2. The molecule has 0 radical (unpaired) electrons. The summed E-state index contributed by atoms with van der Waals surface area (Å²) in [6.45, 7) is 0.760. The quantitative estimate of drug-likeness (QED) is 0.525. The molecule has 0 bridgehead atoms. The van der Waals surface area contributed by atoms with E-state index in [0.717, 1.165) is 30.8 Å². The van der Waals surface area contributed by atoms with Crippen LogP contribution >= 0.6 is 11.6 Å². The van der Waals surface area contributed by atoms with Crippen LogP contribution in [0.2, 0.25) is 5.02 Å². The molecule has 0 spiro atoms. The van der Waals surface area contributed by atoms with Crippen LogP contribution in [-0.2, 0) is 4.79 Å². The van der Waals surface area contributed by atoms with Crippen molar-refractivity contribution in [2.75, 3.05) is 16.8 Å². The number of piperidine rings is 1. The van der Waals surface area contributed by atoms with Gasteiger partial charge in [-0.2, -0.15) is 5.84 Å². The molecule has 2 aromatic carbocycles. The third-order valence-corrected chi connectivity index (χ3v) is 5.25. The monoisotopic (exact) mass is 406 g/mol. The number of amides is 2. The van der Waals surface area contributed by atoms with Gasteiger partial charge in [-0.3, -0.25) is 14.5 Å². The number of nitrogens with one attached hydrogen (secondary N) is 2. The summed E-state index contributed by atoms with van der Waals surface area (Å²) in [5.74, 6) is 5.82. The highest BCUT2D eigenvalue weighted by atomic mass is 35.5. The van der Waals surface area contributed by atoms with Gasteiger partial charge in [0.05, 0.1) is 29.2 Å². The van der Waals surface area contributed by atoms with E-state index in [0.29, 0.717) is 27.6 Å². The van der Waals surface area contributed by atoms with Crippen LogP contribution in [-0.4, -0.2) is 24.4 Å². The Morgan fingerprint density at radius 1 is 1.19 bits per heavy atom. The van der Waals surface area contributed by atoms with Crippen LogP contribution in [0, 0.1) is 0 Å². The predicted molar refractivity (Wildman–Crippen MR) is 101 cm³/mol. The standard InChI is InChI=1S/C19H19ClN4O2.ClH/c20-12-8-9-16-14(11-12)22-18(25)13-5-1-2-6-15(13)24(16)19(26)17-7-3-4-10-23(17)21;/h1-2,5-6,8-9,11,17H,3-4,7,10,21H2,(H,22,25);1H. The van der Waals surface area contributed by atoms with Gasteiger partial charge in [0.1, 0.15) is 0 Å². The van der Waals surface area contributed by atoms with Crippen molar-refractivity contribution in [2.24, 2.45) is 5.84 Å². The number of nitrogens with zero attached hydrogens (tertiary/aromatic N) is 1. The molecule has 2 amide bonds. The van der Waals surface area contributed by atoms with Crippen molar-refractivity contribution in [3.63, 3.8) is 0 Å². The topological polar surface area (TPSA) is 79.9 Å². The molecule has 4 N–H and O–H groups in total. The second-order valence-corrected chi connectivity index (χ2v) is 7.12. The fraction of sp³-hybridized carbons (Fsp3) is 0.263. The lowest BCUT2D eigenvalue weighted by Crippen LogP contribution is -3.23. The summed E-state index contributed by atoms with van der Waals surface area (Å²) in [5.41, 5.74) is 2.13. The highest BCUT2D eigenvalue weighted by molar-refractivity contribution is 6.31. The second kappa shape index (κ2) is 7.86. The van der Waals surface area contributed by atoms with Crippen molar-refractivity contribution in [2.45, 2.75) is 25.3 Å². The number of anilines is 3. The Hall–Kier alpha value is -2.12. The molecule has 0 aromatic heterocycles. The molecule has 1 saturated heterocycles. The molecule has 2 atom stereocenters. The van der Waals surface area contributed by atoms with E-state index in [1.165, 1.54) is 0 Å². The highest BCUT2D eigenvalue weighted by Crippen LogP contribution is 2.39. The first-order valence-electron chi connectivity index (χ1n) is 8.71. The van der Waals surface area contributed by atoms with Crippen molar-refractivity contribution in [3.05, 3.63) is 53.1 Å². The lowest BCUT2D eigenvalue weighted by atomic mass is 10.0. The van der Waals surface area contributed by atoms with Gasteiger partial charge in [-0.1, -0.05) is 23.7 Å². The van der Waals surface area contributed by atoms with E-state index in [1.54, 1.807) is 41.3 Å². The van der Waals surface area contributed by atoms with E-state index in [9.17, 15) is 9.59 Å². The summed E-state index contributed by atoms with van der Waals surface area (Å²) in [6.07, 6.45) is 2.71.